The minimum absolute atomic E-state index is 0.00654. The highest BCUT2D eigenvalue weighted by Gasteiger charge is 2.48. The maximum absolute atomic E-state index is 9.96. The second-order valence-electron chi connectivity index (χ2n) is 8.27. The normalized spacial score (nSPS) is 25.1. The summed E-state index contributed by atoms with van der Waals surface area (Å²) in [6.45, 7) is 2.64. The summed E-state index contributed by atoms with van der Waals surface area (Å²) in [5.74, 6) is 0.716. The maximum Gasteiger partial charge on any atom is 0.166 e. The molecule has 0 spiro atoms. The lowest BCUT2D eigenvalue weighted by atomic mass is 9.96. The Morgan fingerprint density at radius 2 is 1.82 bits per heavy atom. The van der Waals surface area contributed by atoms with Crippen LogP contribution in [-0.2, 0) is 9.47 Å². The first-order valence-electron chi connectivity index (χ1n) is 10.7. The molecule has 2 aliphatic heterocycles. The summed E-state index contributed by atoms with van der Waals surface area (Å²) in [5, 5.41) is 11.1. The minimum Gasteiger partial charge on any atom is -0.482 e. The van der Waals surface area contributed by atoms with E-state index in [4.69, 9.17) is 43.1 Å². The number of benzene rings is 1. The fourth-order valence-corrected chi connectivity index (χ4v) is 4.77. The molecule has 2 fully saturated rings. The number of fused-ring (bicyclic) bond motifs is 1. The van der Waals surface area contributed by atoms with E-state index >= 15 is 0 Å². The number of hydrogen-bond acceptors (Lipinski definition) is 7. The van der Waals surface area contributed by atoms with Crippen molar-refractivity contribution in [3.8, 4) is 16.9 Å². The maximum atomic E-state index is 9.96. The third-order valence-electron chi connectivity index (χ3n) is 6.11. The molecule has 2 aromatic heterocycles. The second-order valence-corrected chi connectivity index (χ2v) is 9.12. The minimum atomic E-state index is -0.581. The average molecular weight is 488 g/mol. The number of ether oxygens (including phenoxy) is 3. The monoisotopic (exact) mass is 487 g/mol. The van der Waals surface area contributed by atoms with E-state index in [1.54, 1.807) is 30.6 Å². The number of rotatable bonds is 5. The highest BCUT2D eigenvalue weighted by atomic mass is 35.5. The van der Waals surface area contributed by atoms with Gasteiger partial charge in [0.2, 0.25) is 0 Å². The molecular weight excluding hydrogens is 465 g/mol. The predicted molar refractivity (Wildman–Crippen MR) is 126 cm³/mol. The van der Waals surface area contributed by atoms with Gasteiger partial charge in [-0.2, -0.15) is 0 Å². The fourth-order valence-electron chi connectivity index (χ4n) is 4.32. The third kappa shape index (κ3) is 4.39. The molecule has 2 aliphatic rings. The lowest BCUT2D eigenvalue weighted by Gasteiger charge is -2.18. The van der Waals surface area contributed by atoms with E-state index in [2.05, 4.69) is 9.97 Å². The second kappa shape index (κ2) is 9.08. The standard InChI is InChI=1S/C24H23Cl2N3O4/c1-12(16-7-15(25)3-4-18(16)26)33-21-6-14(9-29-24(21)27)13-2-5-19(28-8-13)17-10-31-23-20(30)11-32-22(17)23/h2-9,12,17,20,22-23,30H,10-11H2,1H3,(H2,27,29)/t12-,17+,20+,22+,23+/m0/s1. The molecule has 1 aromatic carbocycles. The number of aromatic nitrogens is 2. The summed E-state index contributed by atoms with van der Waals surface area (Å²) in [6, 6.07) is 11.0. The van der Waals surface area contributed by atoms with Crippen LogP contribution < -0.4 is 10.5 Å². The van der Waals surface area contributed by atoms with Crippen LogP contribution in [0.15, 0.2) is 48.8 Å². The van der Waals surface area contributed by atoms with Crippen LogP contribution in [0.5, 0.6) is 5.75 Å². The highest BCUT2D eigenvalue weighted by Crippen LogP contribution is 2.38. The van der Waals surface area contributed by atoms with Gasteiger partial charge >= 0.3 is 0 Å². The first kappa shape index (κ1) is 22.4. The van der Waals surface area contributed by atoms with Crippen molar-refractivity contribution in [2.75, 3.05) is 18.9 Å². The number of nitrogens with two attached hydrogens (primary N) is 1. The van der Waals surface area contributed by atoms with Gasteiger partial charge < -0.3 is 25.1 Å². The van der Waals surface area contributed by atoms with Crippen molar-refractivity contribution >= 4 is 29.0 Å². The van der Waals surface area contributed by atoms with Crippen LogP contribution in [0.1, 0.15) is 30.2 Å². The Hall–Kier alpha value is -2.42. The molecule has 0 saturated carbocycles. The third-order valence-corrected chi connectivity index (χ3v) is 6.69. The van der Waals surface area contributed by atoms with Crippen LogP contribution in [0, 0.1) is 0 Å². The van der Waals surface area contributed by atoms with Crippen LogP contribution in [0.3, 0.4) is 0 Å². The number of hydrogen-bond donors (Lipinski definition) is 2. The van der Waals surface area contributed by atoms with Crippen molar-refractivity contribution in [3.05, 3.63) is 70.1 Å². The molecule has 5 rings (SSSR count). The van der Waals surface area contributed by atoms with Crippen molar-refractivity contribution in [2.45, 2.75) is 37.3 Å². The number of aliphatic hydroxyl groups is 1. The van der Waals surface area contributed by atoms with Gasteiger partial charge in [0.15, 0.2) is 11.6 Å². The summed E-state index contributed by atoms with van der Waals surface area (Å²) >= 11 is 12.4. The molecule has 0 bridgehead atoms. The quantitative estimate of drug-likeness (QED) is 0.549. The molecule has 5 atom stereocenters. The topological polar surface area (TPSA) is 99.7 Å². The summed E-state index contributed by atoms with van der Waals surface area (Å²) in [4.78, 5) is 8.92. The zero-order valence-corrected chi connectivity index (χ0v) is 19.3. The van der Waals surface area contributed by atoms with Gasteiger partial charge in [-0.05, 0) is 37.3 Å². The Morgan fingerprint density at radius 3 is 2.61 bits per heavy atom. The summed E-state index contributed by atoms with van der Waals surface area (Å²) in [7, 11) is 0. The first-order valence-corrected chi connectivity index (χ1v) is 11.4. The summed E-state index contributed by atoms with van der Waals surface area (Å²) < 4.78 is 17.5. The molecule has 3 aromatic rings. The Kier molecular flexibility index (Phi) is 6.16. The van der Waals surface area contributed by atoms with Gasteiger partial charge in [-0.1, -0.05) is 29.3 Å². The SMILES string of the molecule is C[C@H](Oc1cc(-c2ccc([C@H]3CO[C@H]4[C@@H]3OC[C@H]4O)nc2)cnc1N)c1cc(Cl)ccc1Cl. The fraction of sp³-hybridized carbons (Fsp3) is 0.333. The highest BCUT2D eigenvalue weighted by molar-refractivity contribution is 6.33. The largest absolute Gasteiger partial charge is 0.482 e. The van der Waals surface area contributed by atoms with E-state index in [0.29, 0.717) is 29.0 Å². The zero-order chi connectivity index (χ0) is 23.1. The van der Waals surface area contributed by atoms with E-state index in [1.165, 1.54) is 0 Å². The number of nitrogens with zero attached hydrogens (tertiary/aromatic N) is 2. The van der Waals surface area contributed by atoms with Gasteiger partial charge in [-0.15, -0.1) is 0 Å². The van der Waals surface area contributed by atoms with Crippen LogP contribution in [0.2, 0.25) is 10.0 Å². The smallest absolute Gasteiger partial charge is 0.166 e. The van der Waals surface area contributed by atoms with Gasteiger partial charge in [0.25, 0.3) is 0 Å². The van der Waals surface area contributed by atoms with E-state index in [-0.39, 0.29) is 30.0 Å². The Balaban J connectivity index is 1.35. The number of anilines is 1. The van der Waals surface area contributed by atoms with Crippen LogP contribution in [0.4, 0.5) is 5.82 Å². The molecular formula is C24H23Cl2N3O4. The van der Waals surface area contributed by atoms with Crippen molar-refractivity contribution < 1.29 is 19.3 Å². The molecule has 3 N–H and O–H groups in total. The summed E-state index contributed by atoms with van der Waals surface area (Å²) in [5.41, 5.74) is 9.38. The first-order chi connectivity index (χ1) is 15.9. The molecule has 9 heteroatoms. The van der Waals surface area contributed by atoms with Crippen molar-refractivity contribution in [1.82, 2.24) is 9.97 Å². The number of halogens is 2. The van der Waals surface area contributed by atoms with E-state index in [0.717, 1.165) is 22.4 Å². The Morgan fingerprint density at radius 1 is 1.03 bits per heavy atom. The Bertz CT molecular complexity index is 1160. The molecule has 172 valence electrons. The number of pyridine rings is 2. The van der Waals surface area contributed by atoms with Gasteiger partial charge in [0, 0.05) is 44.8 Å². The number of aliphatic hydroxyl groups excluding tert-OH is 1. The van der Waals surface area contributed by atoms with Crippen LogP contribution in [-0.4, -0.2) is 46.6 Å². The Labute approximate surface area is 201 Å². The van der Waals surface area contributed by atoms with Gasteiger partial charge in [-0.3, -0.25) is 4.98 Å². The van der Waals surface area contributed by atoms with Crippen LogP contribution >= 0.6 is 23.2 Å². The molecule has 2 saturated heterocycles. The zero-order valence-electron chi connectivity index (χ0n) is 17.8. The molecule has 0 radical (unpaired) electrons. The van der Waals surface area contributed by atoms with Crippen molar-refractivity contribution in [1.29, 1.82) is 0 Å². The molecule has 0 amide bonds. The van der Waals surface area contributed by atoms with E-state index < -0.39 is 6.10 Å². The van der Waals surface area contributed by atoms with Gasteiger partial charge in [0.1, 0.15) is 18.3 Å². The van der Waals surface area contributed by atoms with E-state index in [1.807, 2.05) is 25.1 Å². The van der Waals surface area contributed by atoms with Crippen molar-refractivity contribution in [2.24, 2.45) is 0 Å². The molecule has 33 heavy (non-hydrogen) atoms. The lowest BCUT2D eigenvalue weighted by molar-refractivity contribution is 0.0181. The molecule has 0 aliphatic carbocycles. The average Bonchev–Trinajstić information content (AvgIpc) is 3.40. The number of nitrogen functional groups attached to an aromatic ring is 1. The lowest BCUT2D eigenvalue weighted by Crippen LogP contribution is -2.28. The molecule has 0 unspecified atom stereocenters. The van der Waals surface area contributed by atoms with Gasteiger partial charge in [-0.25, -0.2) is 4.98 Å². The van der Waals surface area contributed by atoms with Crippen LogP contribution in [0.25, 0.3) is 11.1 Å². The van der Waals surface area contributed by atoms with Crippen molar-refractivity contribution in [3.63, 3.8) is 0 Å². The molecule has 4 heterocycles. The summed E-state index contributed by atoms with van der Waals surface area (Å²) in [6.07, 6.45) is 2.04. The molecule has 7 nitrogen and oxygen atoms in total. The van der Waals surface area contributed by atoms with Gasteiger partial charge in [0.05, 0.1) is 25.2 Å². The van der Waals surface area contributed by atoms with E-state index in [9.17, 15) is 5.11 Å². The predicted octanol–water partition coefficient (Wildman–Crippen LogP) is 4.41.